The Morgan fingerprint density at radius 2 is 1.65 bits per heavy atom. The van der Waals surface area contributed by atoms with Gasteiger partial charge in [0.15, 0.2) is 0 Å². The van der Waals surface area contributed by atoms with Crippen LogP contribution in [0.2, 0.25) is 0 Å². The molecule has 0 saturated carbocycles. The Bertz CT molecular complexity index is 770. The minimum Gasteiger partial charge on any atom is -0.457 e. The highest BCUT2D eigenvalue weighted by molar-refractivity contribution is 5.95. The molecule has 0 aromatic heterocycles. The van der Waals surface area contributed by atoms with Gasteiger partial charge in [-0.15, -0.1) is 12.4 Å². The lowest BCUT2D eigenvalue weighted by Crippen LogP contribution is -2.45. The molecule has 0 heterocycles. The van der Waals surface area contributed by atoms with Gasteiger partial charge in [-0.3, -0.25) is 9.59 Å². The number of hydrogen-bond acceptors (Lipinski definition) is 4. The first-order chi connectivity index (χ1) is 11.7. The summed E-state index contributed by atoms with van der Waals surface area (Å²) >= 11 is 0. The first kappa shape index (κ1) is 21.5. The van der Waals surface area contributed by atoms with Crippen molar-refractivity contribution < 1.29 is 14.3 Å². The predicted octanol–water partition coefficient (Wildman–Crippen LogP) is 3.31. The maximum atomic E-state index is 12.1. The molecule has 2 rings (SSSR count). The largest absolute Gasteiger partial charge is 0.457 e. The number of carbonyl (C=O) groups is 2. The zero-order valence-electron chi connectivity index (χ0n) is 15.0. The molecule has 0 radical (unpaired) electrons. The van der Waals surface area contributed by atoms with E-state index in [9.17, 15) is 9.59 Å². The van der Waals surface area contributed by atoms with Crippen LogP contribution >= 0.6 is 12.4 Å². The molecule has 0 unspecified atom stereocenters. The van der Waals surface area contributed by atoms with Crippen molar-refractivity contribution in [2.24, 2.45) is 16.9 Å². The van der Waals surface area contributed by atoms with Crippen LogP contribution in [0, 0.1) is 5.41 Å². The molecular weight excluding hydrogens is 354 g/mol. The van der Waals surface area contributed by atoms with E-state index in [4.69, 9.17) is 16.2 Å². The lowest BCUT2D eigenvalue weighted by molar-refractivity contribution is -0.119. The molecule has 0 fully saturated rings. The number of hydrogen-bond donors (Lipinski definition) is 3. The van der Waals surface area contributed by atoms with Crippen LogP contribution in [-0.4, -0.2) is 17.9 Å². The maximum Gasteiger partial charge on any atom is 0.248 e. The summed E-state index contributed by atoms with van der Waals surface area (Å²) in [7, 11) is 0. The van der Waals surface area contributed by atoms with Crippen LogP contribution in [-0.2, 0) is 4.79 Å². The zero-order valence-corrected chi connectivity index (χ0v) is 15.8. The average Bonchev–Trinajstić information content (AvgIpc) is 2.55. The minimum absolute atomic E-state index is 0. The third-order valence-electron chi connectivity index (χ3n) is 3.69. The highest BCUT2D eigenvalue weighted by Crippen LogP contribution is 2.24. The molecular formula is C19H24ClN3O3. The summed E-state index contributed by atoms with van der Waals surface area (Å²) in [5.74, 6) is 0.316. The number of primary amides is 1. The number of carbonyl (C=O) groups excluding carboxylic acids is 2. The molecule has 7 heteroatoms. The van der Waals surface area contributed by atoms with Gasteiger partial charge in [0, 0.05) is 11.3 Å². The van der Waals surface area contributed by atoms with Gasteiger partial charge in [-0.1, -0.05) is 26.8 Å². The van der Waals surface area contributed by atoms with Gasteiger partial charge in [0.05, 0.1) is 6.04 Å². The number of nitrogens with two attached hydrogens (primary N) is 2. The quantitative estimate of drug-likeness (QED) is 0.742. The minimum atomic E-state index is -0.611. The van der Waals surface area contributed by atoms with Gasteiger partial charge in [0.1, 0.15) is 11.5 Å². The molecule has 2 amide bonds. The highest BCUT2D eigenvalue weighted by Gasteiger charge is 2.27. The SMILES string of the molecule is CC(C)(C)[C@H](N)C(=O)Nc1ccc(Oc2cccc(C(N)=O)c2)cc1.Cl. The van der Waals surface area contributed by atoms with E-state index in [2.05, 4.69) is 5.32 Å². The fraction of sp³-hybridized carbons (Fsp3) is 0.263. The molecule has 5 N–H and O–H groups in total. The van der Waals surface area contributed by atoms with E-state index in [1.807, 2.05) is 20.8 Å². The second-order valence-corrected chi connectivity index (χ2v) is 6.85. The predicted molar refractivity (Wildman–Crippen MR) is 105 cm³/mol. The van der Waals surface area contributed by atoms with Crippen LogP contribution in [0.1, 0.15) is 31.1 Å². The molecule has 140 valence electrons. The zero-order chi connectivity index (χ0) is 18.6. The highest BCUT2D eigenvalue weighted by atomic mass is 35.5. The topological polar surface area (TPSA) is 107 Å². The van der Waals surface area contributed by atoms with Crippen LogP contribution in [0.3, 0.4) is 0 Å². The van der Waals surface area contributed by atoms with E-state index in [0.29, 0.717) is 22.7 Å². The molecule has 26 heavy (non-hydrogen) atoms. The lowest BCUT2D eigenvalue weighted by atomic mass is 9.87. The van der Waals surface area contributed by atoms with Crippen molar-refractivity contribution in [2.45, 2.75) is 26.8 Å². The molecule has 0 aliphatic heterocycles. The van der Waals surface area contributed by atoms with Crippen molar-refractivity contribution >= 4 is 29.9 Å². The van der Waals surface area contributed by atoms with Gasteiger partial charge in [0.25, 0.3) is 0 Å². The van der Waals surface area contributed by atoms with Crippen LogP contribution in [0.4, 0.5) is 5.69 Å². The Balaban J connectivity index is 0.00000338. The third-order valence-corrected chi connectivity index (χ3v) is 3.69. The van der Waals surface area contributed by atoms with E-state index in [1.54, 1.807) is 48.5 Å². The number of amides is 2. The van der Waals surface area contributed by atoms with Gasteiger partial charge < -0.3 is 21.5 Å². The molecule has 0 saturated heterocycles. The standard InChI is InChI=1S/C19H23N3O3.ClH/c1-19(2,3)16(20)18(24)22-13-7-9-14(10-8-13)25-15-6-4-5-12(11-15)17(21)23;/h4-11,16H,20H2,1-3H3,(H2,21,23)(H,22,24);1H/t16-;/m1./s1. The van der Waals surface area contributed by atoms with Crippen molar-refractivity contribution in [1.82, 2.24) is 0 Å². The van der Waals surface area contributed by atoms with Crippen molar-refractivity contribution in [1.29, 1.82) is 0 Å². The van der Waals surface area contributed by atoms with Crippen LogP contribution in [0.5, 0.6) is 11.5 Å². The van der Waals surface area contributed by atoms with Gasteiger partial charge in [0.2, 0.25) is 11.8 Å². The molecule has 1 atom stereocenters. The summed E-state index contributed by atoms with van der Waals surface area (Å²) in [6.07, 6.45) is 0. The van der Waals surface area contributed by atoms with Crippen molar-refractivity contribution in [3.63, 3.8) is 0 Å². The smallest absolute Gasteiger partial charge is 0.248 e. The fourth-order valence-electron chi connectivity index (χ4n) is 2.07. The monoisotopic (exact) mass is 377 g/mol. The first-order valence-corrected chi connectivity index (χ1v) is 7.91. The summed E-state index contributed by atoms with van der Waals surface area (Å²) in [5.41, 5.74) is 11.9. The maximum absolute atomic E-state index is 12.1. The number of nitrogens with one attached hydrogen (secondary N) is 1. The summed E-state index contributed by atoms with van der Waals surface area (Å²) in [6, 6.07) is 12.9. The Hall–Kier alpha value is -2.57. The Labute approximate surface area is 159 Å². The summed E-state index contributed by atoms with van der Waals surface area (Å²) in [5, 5.41) is 2.78. The molecule has 2 aromatic rings. The van der Waals surface area contributed by atoms with Crippen LogP contribution in [0.15, 0.2) is 48.5 Å². The van der Waals surface area contributed by atoms with E-state index >= 15 is 0 Å². The second-order valence-electron chi connectivity index (χ2n) is 6.85. The Morgan fingerprint density at radius 3 is 2.19 bits per heavy atom. The first-order valence-electron chi connectivity index (χ1n) is 7.91. The molecule has 0 spiro atoms. The van der Waals surface area contributed by atoms with Crippen LogP contribution in [0.25, 0.3) is 0 Å². The lowest BCUT2D eigenvalue weighted by Gasteiger charge is -2.25. The Morgan fingerprint density at radius 1 is 1.04 bits per heavy atom. The summed E-state index contributed by atoms with van der Waals surface area (Å²) < 4.78 is 5.69. The fourth-order valence-corrected chi connectivity index (χ4v) is 2.07. The number of anilines is 1. The molecule has 6 nitrogen and oxygen atoms in total. The van der Waals surface area contributed by atoms with Crippen molar-refractivity contribution in [2.75, 3.05) is 5.32 Å². The molecule has 0 bridgehead atoms. The number of ether oxygens (including phenoxy) is 1. The van der Waals surface area contributed by atoms with Gasteiger partial charge in [-0.05, 0) is 47.9 Å². The van der Waals surface area contributed by atoms with E-state index in [-0.39, 0.29) is 23.7 Å². The number of benzene rings is 2. The number of halogens is 1. The van der Waals surface area contributed by atoms with Gasteiger partial charge >= 0.3 is 0 Å². The Kier molecular flexibility index (Phi) is 7.18. The van der Waals surface area contributed by atoms with Gasteiger partial charge in [-0.2, -0.15) is 0 Å². The summed E-state index contributed by atoms with van der Waals surface area (Å²) in [4.78, 5) is 23.3. The second kappa shape index (κ2) is 8.69. The van der Waals surface area contributed by atoms with E-state index < -0.39 is 11.9 Å². The summed E-state index contributed by atoms with van der Waals surface area (Å²) in [6.45, 7) is 5.73. The van der Waals surface area contributed by atoms with Gasteiger partial charge in [-0.25, -0.2) is 0 Å². The van der Waals surface area contributed by atoms with E-state index in [0.717, 1.165) is 0 Å². The number of rotatable bonds is 5. The third kappa shape index (κ3) is 5.75. The molecule has 0 aliphatic carbocycles. The normalized spacial score (nSPS) is 11.8. The van der Waals surface area contributed by atoms with Crippen molar-refractivity contribution in [3.8, 4) is 11.5 Å². The average molecular weight is 378 g/mol. The van der Waals surface area contributed by atoms with Crippen molar-refractivity contribution in [3.05, 3.63) is 54.1 Å². The van der Waals surface area contributed by atoms with Crippen LogP contribution < -0.4 is 21.5 Å². The molecule has 0 aliphatic rings. The van der Waals surface area contributed by atoms with E-state index in [1.165, 1.54) is 0 Å². The molecule has 2 aromatic carbocycles.